The van der Waals surface area contributed by atoms with Crippen molar-refractivity contribution in [2.75, 3.05) is 6.54 Å². The summed E-state index contributed by atoms with van der Waals surface area (Å²) in [5.41, 5.74) is 4.57. The predicted molar refractivity (Wildman–Crippen MR) is 78.0 cm³/mol. The Morgan fingerprint density at radius 2 is 2.05 bits per heavy atom. The van der Waals surface area contributed by atoms with Crippen molar-refractivity contribution in [3.63, 3.8) is 0 Å². The molecule has 2 rings (SSSR count). The molecule has 19 heavy (non-hydrogen) atoms. The lowest BCUT2D eigenvalue weighted by Crippen LogP contribution is -2.19. The lowest BCUT2D eigenvalue weighted by Gasteiger charge is -2.08. The quantitative estimate of drug-likeness (QED) is 0.888. The van der Waals surface area contributed by atoms with Crippen LogP contribution in [0.3, 0.4) is 0 Å². The summed E-state index contributed by atoms with van der Waals surface area (Å²) in [6, 6.07) is 6.40. The minimum atomic E-state index is 0.635. The van der Waals surface area contributed by atoms with Crippen LogP contribution >= 0.6 is 0 Å². The lowest BCUT2D eigenvalue weighted by atomic mass is 10.0. The number of rotatable bonds is 5. The first-order valence-electron chi connectivity index (χ1n) is 6.78. The molecule has 1 aromatic carbocycles. The zero-order valence-corrected chi connectivity index (χ0v) is 12.2. The molecular weight excluding hydrogens is 236 g/mol. The van der Waals surface area contributed by atoms with Gasteiger partial charge in [-0.3, -0.25) is 0 Å². The number of benzene rings is 1. The summed E-state index contributed by atoms with van der Waals surface area (Å²) in [5, 5.41) is 3.41. The van der Waals surface area contributed by atoms with Crippen molar-refractivity contribution in [3.8, 4) is 11.3 Å². The van der Waals surface area contributed by atoms with Crippen molar-refractivity contribution in [1.82, 2.24) is 10.3 Å². The van der Waals surface area contributed by atoms with Crippen LogP contribution in [-0.2, 0) is 6.54 Å². The normalized spacial score (nSPS) is 11.2. The van der Waals surface area contributed by atoms with Crippen LogP contribution in [0.5, 0.6) is 0 Å². The highest BCUT2D eigenvalue weighted by Crippen LogP contribution is 2.27. The van der Waals surface area contributed by atoms with Gasteiger partial charge < -0.3 is 9.73 Å². The van der Waals surface area contributed by atoms with Gasteiger partial charge in [0.15, 0.2) is 12.2 Å². The molecule has 1 aromatic heterocycles. The largest absolute Gasteiger partial charge is 0.443 e. The first kappa shape index (κ1) is 13.8. The Bertz CT molecular complexity index is 543. The van der Waals surface area contributed by atoms with Crippen LogP contribution < -0.4 is 5.32 Å². The monoisotopic (exact) mass is 258 g/mol. The van der Waals surface area contributed by atoms with Crippen molar-refractivity contribution in [2.45, 2.75) is 34.2 Å². The van der Waals surface area contributed by atoms with E-state index in [-0.39, 0.29) is 0 Å². The summed E-state index contributed by atoms with van der Waals surface area (Å²) >= 11 is 0. The maximum atomic E-state index is 5.59. The van der Waals surface area contributed by atoms with Crippen LogP contribution in [0.1, 0.15) is 30.7 Å². The van der Waals surface area contributed by atoms with Gasteiger partial charge in [0, 0.05) is 12.1 Å². The first-order chi connectivity index (χ1) is 9.08. The molecule has 0 aliphatic carbocycles. The summed E-state index contributed by atoms with van der Waals surface area (Å²) in [4.78, 5) is 4.33. The fourth-order valence-corrected chi connectivity index (χ4v) is 2.07. The molecule has 3 nitrogen and oxygen atoms in total. The zero-order valence-electron chi connectivity index (χ0n) is 12.2. The van der Waals surface area contributed by atoms with Gasteiger partial charge in [-0.25, -0.2) is 4.98 Å². The second-order valence-electron chi connectivity index (χ2n) is 5.47. The molecule has 0 aliphatic heterocycles. The average Bonchev–Trinajstić information content (AvgIpc) is 2.80. The number of oxazole rings is 1. The van der Waals surface area contributed by atoms with E-state index < -0.39 is 0 Å². The van der Waals surface area contributed by atoms with Gasteiger partial charge in [-0.1, -0.05) is 31.5 Å². The van der Waals surface area contributed by atoms with Crippen molar-refractivity contribution < 1.29 is 4.42 Å². The molecule has 0 radical (unpaired) electrons. The molecular formula is C16H22N2O. The Hall–Kier alpha value is -1.61. The van der Waals surface area contributed by atoms with Gasteiger partial charge >= 0.3 is 0 Å². The Morgan fingerprint density at radius 1 is 1.26 bits per heavy atom. The van der Waals surface area contributed by atoms with Gasteiger partial charge in [0.2, 0.25) is 0 Å². The van der Waals surface area contributed by atoms with Gasteiger partial charge in [-0.2, -0.15) is 0 Å². The van der Waals surface area contributed by atoms with E-state index in [1.54, 1.807) is 0 Å². The van der Waals surface area contributed by atoms with Gasteiger partial charge in [0.1, 0.15) is 5.69 Å². The number of hydrogen-bond donors (Lipinski definition) is 1. The fourth-order valence-electron chi connectivity index (χ4n) is 2.07. The van der Waals surface area contributed by atoms with Crippen LogP contribution in [-0.4, -0.2) is 11.5 Å². The van der Waals surface area contributed by atoms with E-state index in [4.69, 9.17) is 4.42 Å². The molecule has 0 atom stereocenters. The molecule has 1 N–H and O–H groups in total. The Labute approximate surface area is 115 Å². The van der Waals surface area contributed by atoms with Crippen LogP contribution in [0, 0.1) is 19.8 Å². The number of hydrogen-bond acceptors (Lipinski definition) is 3. The van der Waals surface area contributed by atoms with E-state index >= 15 is 0 Å². The van der Waals surface area contributed by atoms with Crippen LogP contribution in [0.25, 0.3) is 11.3 Å². The number of aryl methyl sites for hydroxylation is 2. The minimum absolute atomic E-state index is 0.635. The van der Waals surface area contributed by atoms with Crippen LogP contribution in [0.15, 0.2) is 29.0 Å². The molecule has 0 bridgehead atoms. The van der Waals surface area contributed by atoms with Crippen LogP contribution in [0.4, 0.5) is 0 Å². The standard InChI is InChI=1S/C16H22N2O/c1-11(2)8-17-9-15-16(19-10-18-15)14-7-12(3)5-6-13(14)4/h5-7,10-11,17H,8-9H2,1-4H3. The molecule has 0 unspecified atom stereocenters. The van der Waals surface area contributed by atoms with Gasteiger partial charge in [-0.05, 0) is 37.9 Å². The van der Waals surface area contributed by atoms with Crippen LogP contribution in [0.2, 0.25) is 0 Å². The highest BCUT2D eigenvalue weighted by Gasteiger charge is 2.13. The molecule has 1 heterocycles. The third-order valence-electron chi connectivity index (χ3n) is 3.12. The molecule has 3 heteroatoms. The number of nitrogens with zero attached hydrogens (tertiary/aromatic N) is 1. The minimum Gasteiger partial charge on any atom is -0.443 e. The van der Waals surface area contributed by atoms with Crippen molar-refractivity contribution >= 4 is 0 Å². The molecule has 2 aromatic rings. The van der Waals surface area contributed by atoms with E-state index in [9.17, 15) is 0 Å². The highest BCUT2D eigenvalue weighted by atomic mass is 16.3. The SMILES string of the molecule is Cc1ccc(C)c(-c2ocnc2CNCC(C)C)c1. The van der Waals surface area contributed by atoms with E-state index in [2.05, 4.69) is 56.2 Å². The molecule has 0 saturated heterocycles. The van der Waals surface area contributed by atoms with Gasteiger partial charge in [-0.15, -0.1) is 0 Å². The first-order valence-corrected chi connectivity index (χ1v) is 6.78. The fraction of sp³-hybridized carbons (Fsp3) is 0.438. The smallest absolute Gasteiger partial charge is 0.181 e. The molecule has 0 saturated carbocycles. The number of nitrogens with one attached hydrogen (secondary N) is 1. The second kappa shape index (κ2) is 6.02. The van der Waals surface area contributed by atoms with E-state index in [1.165, 1.54) is 17.5 Å². The topological polar surface area (TPSA) is 38.1 Å². The second-order valence-corrected chi connectivity index (χ2v) is 5.47. The summed E-state index contributed by atoms with van der Waals surface area (Å²) in [6.07, 6.45) is 1.53. The Kier molecular flexibility index (Phi) is 4.38. The Balaban J connectivity index is 2.21. The maximum Gasteiger partial charge on any atom is 0.181 e. The molecule has 102 valence electrons. The predicted octanol–water partition coefficient (Wildman–Crippen LogP) is 3.70. The van der Waals surface area contributed by atoms with Gasteiger partial charge in [0.25, 0.3) is 0 Å². The third kappa shape index (κ3) is 3.44. The van der Waals surface area contributed by atoms with Crippen molar-refractivity contribution in [3.05, 3.63) is 41.4 Å². The van der Waals surface area contributed by atoms with Gasteiger partial charge in [0.05, 0.1) is 0 Å². The summed E-state index contributed by atoms with van der Waals surface area (Å²) in [6.45, 7) is 10.3. The van der Waals surface area contributed by atoms with E-state index in [0.29, 0.717) is 5.92 Å². The maximum absolute atomic E-state index is 5.59. The third-order valence-corrected chi connectivity index (χ3v) is 3.12. The molecule has 0 fully saturated rings. The van der Waals surface area contributed by atoms with E-state index in [0.717, 1.165) is 30.1 Å². The lowest BCUT2D eigenvalue weighted by molar-refractivity contribution is 0.545. The average molecular weight is 258 g/mol. The zero-order chi connectivity index (χ0) is 13.8. The van der Waals surface area contributed by atoms with Crippen molar-refractivity contribution in [1.29, 1.82) is 0 Å². The molecule has 0 aliphatic rings. The molecule has 0 amide bonds. The summed E-state index contributed by atoms with van der Waals surface area (Å²) in [7, 11) is 0. The summed E-state index contributed by atoms with van der Waals surface area (Å²) in [5.74, 6) is 1.52. The Morgan fingerprint density at radius 3 is 2.79 bits per heavy atom. The molecule has 0 spiro atoms. The highest BCUT2D eigenvalue weighted by molar-refractivity contribution is 5.64. The summed E-state index contributed by atoms with van der Waals surface area (Å²) < 4.78 is 5.59. The van der Waals surface area contributed by atoms with E-state index in [1.807, 2.05) is 0 Å². The van der Waals surface area contributed by atoms with Crippen molar-refractivity contribution in [2.24, 2.45) is 5.92 Å². The number of aromatic nitrogens is 1.